The quantitative estimate of drug-likeness (QED) is 0.643. The molecule has 0 aliphatic carbocycles. The number of amides is 2. The summed E-state index contributed by atoms with van der Waals surface area (Å²) in [7, 11) is 0. The Kier molecular flexibility index (Phi) is 7.11. The van der Waals surface area contributed by atoms with Crippen molar-refractivity contribution < 1.29 is 19.1 Å². The molecule has 1 N–H and O–H groups in total. The van der Waals surface area contributed by atoms with E-state index >= 15 is 0 Å². The number of rotatable bonds is 5. The Balaban J connectivity index is 1.35. The summed E-state index contributed by atoms with van der Waals surface area (Å²) < 4.78 is 13.2. The summed E-state index contributed by atoms with van der Waals surface area (Å²) in [5.74, 6) is 0.261. The van der Waals surface area contributed by atoms with E-state index in [9.17, 15) is 9.59 Å². The summed E-state index contributed by atoms with van der Waals surface area (Å²) in [5, 5.41) is 7.90. The highest BCUT2D eigenvalue weighted by molar-refractivity contribution is 6.33. The predicted molar refractivity (Wildman–Crippen MR) is 133 cm³/mol. The van der Waals surface area contributed by atoms with Crippen LogP contribution >= 0.6 is 11.6 Å². The number of carbonyl (C=O) groups excluding carboxylic acids is 2. The molecule has 9 nitrogen and oxygen atoms in total. The molecule has 2 aromatic rings. The van der Waals surface area contributed by atoms with Gasteiger partial charge in [0.25, 0.3) is 0 Å². The van der Waals surface area contributed by atoms with E-state index in [0.717, 1.165) is 29.8 Å². The van der Waals surface area contributed by atoms with Gasteiger partial charge in [-0.2, -0.15) is 5.10 Å². The number of carbonyl (C=O) groups is 2. The summed E-state index contributed by atoms with van der Waals surface area (Å²) in [4.78, 5) is 30.9. The molecule has 2 amide bonds. The normalized spacial score (nSPS) is 19.4. The number of fused-ring (bicyclic) bond motifs is 1. The van der Waals surface area contributed by atoms with Crippen LogP contribution in [0.25, 0.3) is 11.1 Å². The topological polar surface area (TPSA) is 98.6 Å². The molecule has 0 spiro atoms. The second kappa shape index (κ2) is 9.78. The van der Waals surface area contributed by atoms with Crippen LogP contribution in [0.1, 0.15) is 53.2 Å². The van der Waals surface area contributed by atoms with E-state index in [1.165, 1.54) is 0 Å². The zero-order valence-corrected chi connectivity index (χ0v) is 21.8. The van der Waals surface area contributed by atoms with Crippen molar-refractivity contribution in [3.8, 4) is 11.1 Å². The van der Waals surface area contributed by atoms with E-state index in [1.807, 2.05) is 31.6 Å². The van der Waals surface area contributed by atoms with Crippen LogP contribution in [-0.4, -0.2) is 63.1 Å². The molecule has 0 aromatic carbocycles. The van der Waals surface area contributed by atoms with Gasteiger partial charge in [-0.05, 0) is 45.1 Å². The second-order valence-corrected chi connectivity index (χ2v) is 11.5. The average molecular weight is 504 g/mol. The molecule has 0 radical (unpaired) electrons. The van der Waals surface area contributed by atoms with Crippen LogP contribution in [0.2, 0.25) is 5.02 Å². The molecular weight excluding hydrogens is 470 g/mol. The van der Waals surface area contributed by atoms with E-state index in [0.29, 0.717) is 37.0 Å². The van der Waals surface area contributed by atoms with Crippen molar-refractivity contribution in [2.24, 2.45) is 5.41 Å². The minimum Gasteiger partial charge on any atom is -0.444 e. The molecule has 1 unspecified atom stereocenters. The fraction of sp³-hybridized carbons (Fsp3) is 0.600. The molecule has 1 saturated heterocycles. The minimum atomic E-state index is -0.553. The molecular formula is C25H34ClN5O4. The van der Waals surface area contributed by atoms with E-state index in [-0.39, 0.29) is 29.9 Å². The lowest BCUT2D eigenvalue weighted by Gasteiger charge is -2.34. The molecule has 1 atom stereocenters. The Morgan fingerprint density at radius 3 is 2.80 bits per heavy atom. The van der Waals surface area contributed by atoms with Crippen LogP contribution in [0.3, 0.4) is 0 Å². The van der Waals surface area contributed by atoms with Crippen molar-refractivity contribution >= 4 is 29.4 Å². The van der Waals surface area contributed by atoms with Gasteiger partial charge in [0.1, 0.15) is 11.4 Å². The number of hydrogen-bond donors (Lipinski definition) is 1. The van der Waals surface area contributed by atoms with Gasteiger partial charge in [-0.3, -0.25) is 9.48 Å². The standard InChI is InChI=1S/C25H34ClN5O4/c1-24(2,3)35-23(33)30-8-9-34-16(14-30)6-7-22(32)29-21-10-17(19(26)13-27-21)18-12-28-31-15-25(4,5)11-20(18)31/h10,12-13,16H,6-9,11,14-15H2,1-5H3,(H,27,29,32). The van der Waals surface area contributed by atoms with Gasteiger partial charge in [-0.15, -0.1) is 0 Å². The predicted octanol–water partition coefficient (Wildman–Crippen LogP) is 4.54. The summed E-state index contributed by atoms with van der Waals surface area (Å²) in [6.45, 7) is 12.1. The Hall–Kier alpha value is -2.65. The first-order valence-corrected chi connectivity index (χ1v) is 12.4. The Morgan fingerprint density at radius 1 is 1.29 bits per heavy atom. The molecule has 0 bridgehead atoms. The maximum Gasteiger partial charge on any atom is 0.410 e. The zero-order chi connectivity index (χ0) is 25.4. The molecule has 35 heavy (non-hydrogen) atoms. The molecule has 2 aliphatic rings. The van der Waals surface area contributed by atoms with E-state index in [4.69, 9.17) is 21.1 Å². The largest absolute Gasteiger partial charge is 0.444 e. The summed E-state index contributed by atoms with van der Waals surface area (Å²) in [5.41, 5.74) is 2.51. The van der Waals surface area contributed by atoms with Crippen LogP contribution < -0.4 is 5.32 Å². The van der Waals surface area contributed by atoms with Crippen molar-refractivity contribution in [3.63, 3.8) is 0 Å². The fourth-order valence-electron chi connectivity index (χ4n) is 4.47. The number of halogens is 1. The first-order chi connectivity index (χ1) is 16.4. The maximum absolute atomic E-state index is 12.7. The van der Waals surface area contributed by atoms with Gasteiger partial charge in [-0.1, -0.05) is 25.4 Å². The van der Waals surface area contributed by atoms with Gasteiger partial charge in [0.15, 0.2) is 0 Å². The van der Waals surface area contributed by atoms with Crippen LogP contribution in [0, 0.1) is 5.41 Å². The minimum absolute atomic E-state index is 0.148. The lowest BCUT2D eigenvalue weighted by molar-refractivity contribution is -0.117. The number of nitrogens with one attached hydrogen (secondary N) is 1. The maximum atomic E-state index is 12.7. The van der Waals surface area contributed by atoms with Crippen LogP contribution in [0.15, 0.2) is 18.5 Å². The molecule has 2 aromatic heterocycles. The van der Waals surface area contributed by atoms with Crippen LogP contribution in [0.4, 0.5) is 10.6 Å². The Bertz CT molecular complexity index is 1110. The molecule has 1 fully saturated rings. The molecule has 10 heteroatoms. The third-order valence-corrected chi connectivity index (χ3v) is 6.37. The van der Waals surface area contributed by atoms with E-state index in [2.05, 4.69) is 29.2 Å². The highest BCUT2D eigenvalue weighted by atomic mass is 35.5. The Morgan fingerprint density at radius 2 is 2.06 bits per heavy atom. The van der Waals surface area contributed by atoms with Gasteiger partial charge in [0.2, 0.25) is 5.91 Å². The number of pyridine rings is 1. The SMILES string of the molecule is CC1(C)Cc2c(-c3cc(NC(=O)CCC4CN(C(=O)OC(C)(C)C)CCO4)ncc3Cl)cnn2C1. The van der Waals surface area contributed by atoms with Gasteiger partial charge in [0.05, 0.1) is 30.5 Å². The number of anilines is 1. The number of nitrogens with zero attached hydrogens (tertiary/aromatic N) is 4. The molecule has 4 rings (SSSR count). The van der Waals surface area contributed by atoms with Crippen LogP contribution in [0.5, 0.6) is 0 Å². The first-order valence-electron chi connectivity index (χ1n) is 12.0. The number of ether oxygens (including phenoxy) is 2. The summed E-state index contributed by atoms with van der Waals surface area (Å²) >= 11 is 6.47. The van der Waals surface area contributed by atoms with Crippen molar-refractivity contribution in [1.82, 2.24) is 19.7 Å². The number of hydrogen-bond acceptors (Lipinski definition) is 6. The Labute approximate surface area is 211 Å². The van der Waals surface area contributed by atoms with Gasteiger partial charge < -0.3 is 19.7 Å². The summed E-state index contributed by atoms with van der Waals surface area (Å²) in [6, 6.07) is 1.80. The van der Waals surface area contributed by atoms with Crippen LogP contribution in [-0.2, 0) is 27.2 Å². The smallest absolute Gasteiger partial charge is 0.410 e. The number of aromatic nitrogens is 3. The van der Waals surface area contributed by atoms with Crippen molar-refractivity contribution in [2.75, 3.05) is 25.0 Å². The molecule has 190 valence electrons. The molecule has 0 saturated carbocycles. The third kappa shape index (κ3) is 6.32. The highest BCUT2D eigenvalue weighted by Gasteiger charge is 2.32. The third-order valence-electron chi connectivity index (χ3n) is 6.07. The highest BCUT2D eigenvalue weighted by Crippen LogP contribution is 2.39. The average Bonchev–Trinajstić information content (AvgIpc) is 3.27. The zero-order valence-electron chi connectivity index (χ0n) is 21.1. The number of morpholine rings is 1. The monoisotopic (exact) mass is 503 g/mol. The second-order valence-electron chi connectivity index (χ2n) is 11.1. The lowest BCUT2D eigenvalue weighted by atomic mass is 9.89. The van der Waals surface area contributed by atoms with Crippen molar-refractivity contribution in [3.05, 3.63) is 29.2 Å². The van der Waals surface area contributed by atoms with Crippen molar-refractivity contribution in [1.29, 1.82) is 0 Å². The van der Waals surface area contributed by atoms with E-state index in [1.54, 1.807) is 17.2 Å². The summed E-state index contributed by atoms with van der Waals surface area (Å²) in [6.07, 6.45) is 4.43. The molecule has 2 aliphatic heterocycles. The first kappa shape index (κ1) is 25.4. The molecule has 4 heterocycles. The van der Waals surface area contributed by atoms with Gasteiger partial charge >= 0.3 is 6.09 Å². The fourth-order valence-corrected chi connectivity index (χ4v) is 4.68. The van der Waals surface area contributed by atoms with Crippen molar-refractivity contribution in [2.45, 2.75) is 72.1 Å². The van der Waals surface area contributed by atoms with Gasteiger partial charge in [-0.25, -0.2) is 9.78 Å². The lowest BCUT2D eigenvalue weighted by Crippen LogP contribution is -2.47. The van der Waals surface area contributed by atoms with E-state index < -0.39 is 5.60 Å². The van der Waals surface area contributed by atoms with Gasteiger partial charge in [0, 0.05) is 42.5 Å².